The summed E-state index contributed by atoms with van der Waals surface area (Å²) in [6, 6.07) is 12.7. The monoisotopic (exact) mass is 598 g/mol. The van der Waals surface area contributed by atoms with Gasteiger partial charge in [-0.3, -0.25) is 9.36 Å². The minimum absolute atomic E-state index is 0.225. The summed E-state index contributed by atoms with van der Waals surface area (Å²) in [6.07, 6.45) is 4.32. The highest BCUT2D eigenvalue weighted by molar-refractivity contribution is 9.10. The zero-order valence-electron chi connectivity index (χ0n) is 22.0. The Kier molecular flexibility index (Phi) is 9.22. The van der Waals surface area contributed by atoms with E-state index in [1.807, 2.05) is 62.4 Å². The van der Waals surface area contributed by atoms with E-state index in [1.54, 1.807) is 4.57 Å². The number of allylic oxidation sites excluding steroid dienone is 1. The molecule has 9 heteroatoms. The van der Waals surface area contributed by atoms with Gasteiger partial charge in [0.1, 0.15) is 0 Å². The molecule has 200 valence electrons. The number of fused-ring (bicyclic) bond motifs is 1. The molecule has 2 aromatic carbocycles. The smallest absolute Gasteiger partial charge is 0.338 e. The molecule has 1 aromatic heterocycles. The summed E-state index contributed by atoms with van der Waals surface area (Å²) in [6.45, 7) is 7.04. The van der Waals surface area contributed by atoms with Crippen molar-refractivity contribution in [2.24, 2.45) is 4.99 Å². The summed E-state index contributed by atoms with van der Waals surface area (Å²) >= 11 is 4.91. The normalized spacial score (nSPS) is 15.2. The Morgan fingerprint density at radius 2 is 1.92 bits per heavy atom. The van der Waals surface area contributed by atoms with Gasteiger partial charge in [0.05, 0.1) is 46.6 Å². The fourth-order valence-corrected chi connectivity index (χ4v) is 5.95. The molecule has 0 bridgehead atoms. The van der Waals surface area contributed by atoms with Crippen LogP contribution in [-0.4, -0.2) is 30.9 Å². The van der Waals surface area contributed by atoms with Crippen molar-refractivity contribution >= 4 is 39.3 Å². The molecule has 1 atom stereocenters. The van der Waals surface area contributed by atoms with E-state index < -0.39 is 12.0 Å². The number of ether oxygens (including phenoxy) is 3. The number of hydrogen-bond acceptors (Lipinski definition) is 7. The molecule has 0 saturated carbocycles. The van der Waals surface area contributed by atoms with Crippen LogP contribution in [0, 0.1) is 0 Å². The first kappa shape index (κ1) is 27.9. The molecule has 7 nitrogen and oxygen atoms in total. The van der Waals surface area contributed by atoms with E-state index in [2.05, 4.69) is 22.9 Å². The zero-order valence-corrected chi connectivity index (χ0v) is 24.4. The summed E-state index contributed by atoms with van der Waals surface area (Å²) in [7, 11) is 1.35. The van der Waals surface area contributed by atoms with E-state index in [0.717, 1.165) is 28.4 Å². The zero-order chi connectivity index (χ0) is 27.2. The van der Waals surface area contributed by atoms with Crippen LogP contribution in [0.5, 0.6) is 11.5 Å². The fraction of sp³-hybridized carbons (Fsp3) is 0.345. The lowest BCUT2D eigenvalue weighted by Crippen LogP contribution is -2.40. The molecule has 4 rings (SSSR count). The molecule has 2 heterocycles. The number of methoxy groups -OCH3 is 1. The highest BCUT2D eigenvalue weighted by Gasteiger charge is 2.33. The Labute approximate surface area is 234 Å². The molecule has 0 amide bonds. The Balaban J connectivity index is 1.88. The molecule has 1 aliphatic rings. The maximum atomic E-state index is 13.8. The standard InChI is InChI=1S/C29H31BrN2O5S/c1-5-8-14-37-26-20(30)15-18(16-22(26)36-7-3)17-23-27(33)32-25(19-12-10-9-11-13-19)24(28(34)35-4)21(6-2)31-29(32)38-23/h9-13,15-17,25H,5-8,14H2,1-4H3/b23-17+/t25-/m0/s1. The van der Waals surface area contributed by atoms with Crippen molar-refractivity contribution in [3.63, 3.8) is 0 Å². The third-order valence-corrected chi connectivity index (χ3v) is 7.71. The number of halogens is 1. The van der Waals surface area contributed by atoms with Crippen LogP contribution in [0.3, 0.4) is 0 Å². The number of unbranched alkanes of at least 4 members (excludes halogenated alkanes) is 1. The van der Waals surface area contributed by atoms with E-state index >= 15 is 0 Å². The molecule has 0 spiro atoms. The Bertz CT molecular complexity index is 1520. The van der Waals surface area contributed by atoms with Crippen molar-refractivity contribution in [1.29, 1.82) is 0 Å². The van der Waals surface area contributed by atoms with E-state index in [9.17, 15) is 9.59 Å². The average molecular weight is 600 g/mol. The first-order valence-electron chi connectivity index (χ1n) is 12.7. The van der Waals surface area contributed by atoms with E-state index in [4.69, 9.17) is 19.2 Å². The van der Waals surface area contributed by atoms with Gasteiger partial charge in [-0.1, -0.05) is 61.9 Å². The molecule has 3 aromatic rings. The molecule has 0 aliphatic carbocycles. The van der Waals surface area contributed by atoms with Crippen LogP contribution in [-0.2, 0) is 9.53 Å². The van der Waals surface area contributed by atoms with Gasteiger partial charge in [-0.05, 0) is 65.0 Å². The molecule has 0 N–H and O–H groups in total. The van der Waals surface area contributed by atoms with Gasteiger partial charge in [0.2, 0.25) is 0 Å². The van der Waals surface area contributed by atoms with Gasteiger partial charge in [0.25, 0.3) is 5.56 Å². The van der Waals surface area contributed by atoms with Crippen molar-refractivity contribution in [2.45, 2.75) is 46.1 Å². The van der Waals surface area contributed by atoms with Crippen LogP contribution in [0.1, 0.15) is 57.2 Å². The predicted octanol–water partition coefficient (Wildman–Crippen LogP) is 5.14. The first-order valence-corrected chi connectivity index (χ1v) is 14.3. The fourth-order valence-electron chi connectivity index (χ4n) is 4.36. The molecule has 1 aliphatic heterocycles. The molecular formula is C29H31BrN2O5S. The second-order valence-electron chi connectivity index (χ2n) is 8.66. The molecule has 0 fully saturated rings. The maximum Gasteiger partial charge on any atom is 0.338 e. The third-order valence-electron chi connectivity index (χ3n) is 6.14. The van der Waals surface area contributed by atoms with Gasteiger partial charge >= 0.3 is 5.97 Å². The van der Waals surface area contributed by atoms with Gasteiger partial charge in [-0.15, -0.1) is 0 Å². The molecule has 0 saturated heterocycles. The Morgan fingerprint density at radius 3 is 2.58 bits per heavy atom. The van der Waals surface area contributed by atoms with Crippen LogP contribution in [0.2, 0.25) is 0 Å². The summed E-state index contributed by atoms with van der Waals surface area (Å²) < 4.78 is 19.8. The summed E-state index contributed by atoms with van der Waals surface area (Å²) in [5.74, 6) is 0.774. The molecular weight excluding hydrogens is 568 g/mol. The average Bonchev–Trinajstić information content (AvgIpc) is 3.23. The number of nitrogens with zero attached hydrogens (tertiary/aromatic N) is 2. The van der Waals surface area contributed by atoms with E-state index in [-0.39, 0.29) is 5.56 Å². The second-order valence-corrected chi connectivity index (χ2v) is 10.5. The highest BCUT2D eigenvalue weighted by Crippen LogP contribution is 2.37. The van der Waals surface area contributed by atoms with E-state index in [1.165, 1.54) is 18.4 Å². The summed E-state index contributed by atoms with van der Waals surface area (Å²) in [4.78, 5) is 32.0. The van der Waals surface area contributed by atoms with Crippen LogP contribution in [0.25, 0.3) is 6.08 Å². The number of carbonyl (C=O) groups excluding carboxylic acids is 1. The van der Waals surface area contributed by atoms with E-state index in [0.29, 0.717) is 51.7 Å². The first-order chi connectivity index (χ1) is 18.4. The maximum absolute atomic E-state index is 13.8. The van der Waals surface area contributed by atoms with Crippen LogP contribution >= 0.6 is 27.3 Å². The number of aromatic nitrogens is 1. The van der Waals surface area contributed by atoms with Gasteiger partial charge in [0.15, 0.2) is 16.3 Å². The number of rotatable bonds is 10. The number of carbonyl (C=O) groups is 1. The van der Waals surface area contributed by atoms with Crippen molar-refractivity contribution < 1.29 is 19.0 Å². The summed E-state index contributed by atoms with van der Waals surface area (Å²) in [5, 5.41) is 0. The SMILES string of the molecule is CCCCOc1c(Br)cc(/C=c2/sc3n(c2=O)[C@@H](c2ccccc2)C(C(=O)OC)=C(CC)N=3)cc1OCC. The lowest BCUT2D eigenvalue weighted by atomic mass is 9.95. The van der Waals surface area contributed by atoms with Crippen molar-refractivity contribution in [3.8, 4) is 11.5 Å². The minimum atomic E-state index is -0.628. The minimum Gasteiger partial charge on any atom is -0.490 e. The predicted molar refractivity (Wildman–Crippen MR) is 153 cm³/mol. The largest absolute Gasteiger partial charge is 0.490 e. The number of thiazole rings is 1. The lowest BCUT2D eigenvalue weighted by Gasteiger charge is -2.25. The van der Waals surface area contributed by atoms with Gasteiger partial charge < -0.3 is 14.2 Å². The van der Waals surface area contributed by atoms with Crippen LogP contribution in [0.4, 0.5) is 0 Å². The number of benzene rings is 2. The van der Waals surface area contributed by atoms with Crippen LogP contribution in [0.15, 0.2) is 68.0 Å². The van der Waals surface area contributed by atoms with Crippen LogP contribution < -0.4 is 24.4 Å². The topological polar surface area (TPSA) is 79.1 Å². The second kappa shape index (κ2) is 12.6. The Morgan fingerprint density at radius 1 is 1.16 bits per heavy atom. The lowest BCUT2D eigenvalue weighted by molar-refractivity contribution is -0.136. The van der Waals surface area contributed by atoms with Gasteiger partial charge in [-0.25, -0.2) is 9.79 Å². The number of esters is 1. The van der Waals surface area contributed by atoms with Crippen molar-refractivity contribution in [2.75, 3.05) is 20.3 Å². The highest BCUT2D eigenvalue weighted by atomic mass is 79.9. The van der Waals surface area contributed by atoms with Crippen molar-refractivity contribution in [3.05, 3.63) is 89.0 Å². The van der Waals surface area contributed by atoms with Crippen molar-refractivity contribution in [1.82, 2.24) is 4.57 Å². The van der Waals surface area contributed by atoms with Gasteiger partial charge in [0, 0.05) is 0 Å². The quantitative estimate of drug-likeness (QED) is 0.238. The molecule has 38 heavy (non-hydrogen) atoms. The molecule has 0 unspecified atom stereocenters. The van der Waals surface area contributed by atoms with Gasteiger partial charge in [-0.2, -0.15) is 0 Å². The molecule has 0 radical (unpaired) electrons. The summed E-state index contributed by atoms with van der Waals surface area (Å²) in [5.41, 5.74) is 2.38. The third kappa shape index (κ3) is 5.63. The number of hydrogen-bond donors (Lipinski definition) is 0. The Hall–Kier alpha value is -3.17.